The number of dihydropyridines is 1. The fraction of sp³-hybridized carbons (Fsp3) is 0.367. The van der Waals surface area contributed by atoms with E-state index < -0.39 is 35.5 Å². The number of fused-ring (bicyclic) bond motifs is 1. The van der Waals surface area contributed by atoms with Gasteiger partial charge in [-0.25, -0.2) is 4.79 Å². The molecular weight excluding hydrogens is 502 g/mol. The van der Waals surface area contributed by atoms with Gasteiger partial charge >= 0.3 is 11.9 Å². The van der Waals surface area contributed by atoms with Gasteiger partial charge in [0.2, 0.25) is 6.79 Å². The van der Waals surface area contributed by atoms with Crippen molar-refractivity contribution in [1.29, 1.82) is 0 Å². The van der Waals surface area contributed by atoms with Crippen LogP contribution in [0.3, 0.4) is 0 Å². The Labute approximate surface area is 226 Å². The van der Waals surface area contributed by atoms with Crippen LogP contribution in [0.4, 0.5) is 0 Å². The summed E-state index contributed by atoms with van der Waals surface area (Å²) in [6.45, 7) is 5.62. The van der Waals surface area contributed by atoms with Crippen LogP contribution in [0.25, 0.3) is 0 Å². The summed E-state index contributed by atoms with van der Waals surface area (Å²) in [5, 5.41) is 3.31. The summed E-state index contributed by atoms with van der Waals surface area (Å²) >= 11 is 0. The lowest BCUT2D eigenvalue weighted by Crippen LogP contribution is -2.43. The molecule has 2 aromatic rings. The Bertz CT molecular complexity index is 1390. The molecule has 3 aliphatic rings. The molecule has 0 saturated heterocycles. The molecule has 0 saturated carbocycles. The first-order chi connectivity index (χ1) is 18.9. The van der Waals surface area contributed by atoms with Crippen LogP contribution < -0.4 is 19.5 Å². The maximum absolute atomic E-state index is 14.4. The number of ether oxygens (including phenoxy) is 5. The Balaban J connectivity index is 1.67. The van der Waals surface area contributed by atoms with Crippen LogP contribution in [0, 0.1) is 5.92 Å². The van der Waals surface area contributed by atoms with Crippen molar-refractivity contribution < 1.29 is 38.1 Å². The average molecular weight is 534 g/mol. The van der Waals surface area contributed by atoms with Gasteiger partial charge < -0.3 is 29.0 Å². The SMILES string of the molecule is CCOC(=O)C1=C(C)NC2=C(C(=O)[C@H](C(=O)OCC)[C@@H](c3cccc(OC)c3)C2)[C@@H]1c1ccc2c(c1)OCO2. The van der Waals surface area contributed by atoms with Crippen LogP contribution >= 0.6 is 0 Å². The van der Waals surface area contributed by atoms with Crippen molar-refractivity contribution in [3.05, 3.63) is 76.1 Å². The molecule has 3 atom stereocenters. The summed E-state index contributed by atoms with van der Waals surface area (Å²) in [7, 11) is 1.57. The third kappa shape index (κ3) is 4.73. The maximum Gasteiger partial charge on any atom is 0.336 e. The molecule has 0 unspecified atom stereocenters. The van der Waals surface area contributed by atoms with Gasteiger partial charge in [-0.15, -0.1) is 0 Å². The molecule has 2 aromatic carbocycles. The fourth-order valence-corrected chi connectivity index (χ4v) is 5.63. The first-order valence-electron chi connectivity index (χ1n) is 13.0. The van der Waals surface area contributed by atoms with E-state index in [0.29, 0.717) is 51.8 Å². The summed E-state index contributed by atoms with van der Waals surface area (Å²) in [5.41, 5.74) is 3.34. The van der Waals surface area contributed by atoms with Crippen molar-refractivity contribution in [3.8, 4) is 17.2 Å². The average Bonchev–Trinajstić information content (AvgIpc) is 3.40. The zero-order valence-corrected chi connectivity index (χ0v) is 22.4. The highest BCUT2D eigenvalue weighted by Crippen LogP contribution is 2.49. The topological polar surface area (TPSA) is 109 Å². The van der Waals surface area contributed by atoms with Gasteiger partial charge in [-0.3, -0.25) is 9.59 Å². The molecule has 39 heavy (non-hydrogen) atoms. The van der Waals surface area contributed by atoms with Crippen LogP contribution in [0.2, 0.25) is 0 Å². The summed E-state index contributed by atoms with van der Waals surface area (Å²) in [6.07, 6.45) is 0.353. The molecule has 0 fully saturated rings. The maximum atomic E-state index is 14.4. The van der Waals surface area contributed by atoms with E-state index in [4.69, 9.17) is 23.7 Å². The smallest absolute Gasteiger partial charge is 0.336 e. The summed E-state index contributed by atoms with van der Waals surface area (Å²) in [4.78, 5) is 41.0. The number of carbonyl (C=O) groups excluding carboxylic acids is 3. The largest absolute Gasteiger partial charge is 0.497 e. The van der Waals surface area contributed by atoms with E-state index in [1.807, 2.05) is 24.3 Å². The Hall–Kier alpha value is -4.27. The number of hydrogen-bond acceptors (Lipinski definition) is 9. The van der Waals surface area contributed by atoms with Gasteiger partial charge in [-0.2, -0.15) is 0 Å². The van der Waals surface area contributed by atoms with Crippen molar-refractivity contribution in [2.75, 3.05) is 27.1 Å². The zero-order chi connectivity index (χ0) is 27.7. The predicted octanol–water partition coefficient (Wildman–Crippen LogP) is 4.14. The van der Waals surface area contributed by atoms with Crippen molar-refractivity contribution in [2.45, 2.75) is 39.0 Å². The van der Waals surface area contributed by atoms with Gasteiger partial charge in [0, 0.05) is 28.8 Å². The normalized spacial score (nSPS) is 21.7. The van der Waals surface area contributed by atoms with E-state index >= 15 is 0 Å². The molecule has 0 aromatic heterocycles. The van der Waals surface area contributed by atoms with E-state index in [2.05, 4.69) is 5.32 Å². The quantitative estimate of drug-likeness (QED) is 0.415. The molecule has 5 rings (SSSR count). The van der Waals surface area contributed by atoms with Gasteiger partial charge in [0.25, 0.3) is 0 Å². The molecule has 9 nitrogen and oxygen atoms in total. The minimum absolute atomic E-state index is 0.0879. The summed E-state index contributed by atoms with van der Waals surface area (Å²) < 4.78 is 27.3. The molecule has 2 aliphatic heterocycles. The molecule has 204 valence electrons. The lowest BCUT2D eigenvalue weighted by Gasteiger charge is -2.39. The first-order valence-corrected chi connectivity index (χ1v) is 13.0. The Morgan fingerprint density at radius 1 is 1.00 bits per heavy atom. The van der Waals surface area contributed by atoms with Crippen molar-refractivity contribution in [2.24, 2.45) is 5.92 Å². The Morgan fingerprint density at radius 2 is 1.77 bits per heavy atom. The minimum atomic E-state index is -1.10. The summed E-state index contributed by atoms with van der Waals surface area (Å²) in [5.74, 6) is -2.17. The number of allylic oxidation sites excluding steroid dienone is 3. The molecule has 9 heteroatoms. The van der Waals surface area contributed by atoms with Crippen LogP contribution in [0.1, 0.15) is 50.2 Å². The number of rotatable bonds is 7. The van der Waals surface area contributed by atoms with Gasteiger partial charge in [-0.1, -0.05) is 18.2 Å². The van der Waals surface area contributed by atoms with Crippen molar-refractivity contribution in [1.82, 2.24) is 5.32 Å². The van der Waals surface area contributed by atoms with Crippen molar-refractivity contribution in [3.63, 3.8) is 0 Å². The zero-order valence-electron chi connectivity index (χ0n) is 22.4. The third-order valence-electron chi connectivity index (χ3n) is 7.31. The second-order valence-corrected chi connectivity index (χ2v) is 9.50. The minimum Gasteiger partial charge on any atom is -0.497 e. The monoisotopic (exact) mass is 533 g/mol. The molecule has 0 amide bonds. The number of benzene rings is 2. The number of Topliss-reactive ketones (excluding diaryl/α,β-unsaturated/α-hetero) is 1. The molecule has 0 radical (unpaired) electrons. The fourth-order valence-electron chi connectivity index (χ4n) is 5.63. The predicted molar refractivity (Wildman–Crippen MR) is 140 cm³/mol. The van der Waals surface area contributed by atoms with Crippen LogP contribution in [0.5, 0.6) is 17.2 Å². The van der Waals surface area contributed by atoms with E-state index in [1.165, 1.54) is 0 Å². The number of nitrogens with one attached hydrogen (secondary N) is 1. The van der Waals surface area contributed by atoms with E-state index in [1.54, 1.807) is 46.1 Å². The molecule has 0 spiro atoms. The van der Waals surface area contributed by atoms with Crippen LogP contribution in [0.15, 0.2) is 65.0 Å². The molecular formula is C30H31NO8. The standard InChI is InChI=1S/C30H31NO8/c1-5-36-29(33)24-16(3)31-21-14-20(17-8-7-9-19(12-17)35-4)26(30(34)37-6-2)28(32)27(21)25(24)18-10-11-22-23(13-18)39-15-38-22/h7-13,20,25-26,31H,5-6,14-15H2,1-4H3/t20-,25-,26-/m1/s1. The molecule has 1 aliphatic carbocycles. The highest BCUT2D eigenvalue weighted by Gasteiger charge is 2.49. The number of ketones is 1. The molecule has 1 N–H and O–H groups in total. The second-order valence-electron chi connectivity index (χ2n) is 9.50. The number of hydrogen-bond donors (Lipinski definition) is 1. The number of methoxy groups -OCH3 is 1. The van der Waals surface area contributed by atoms with E-state index in [0.717, 1.165) is 5.56 Å². The van der Waals surface area contributed by atoms with E-state index in [9.17, 15) is 14.4 Å². The highest BCUT2D eigenvalue weighted by molar-refractivity contribution is 6.13. The molecule has 0 bridgehead atoms. The molecule has 2 heterocycles. The highest BCUT2D eigenvalue weighted by atomic mass is 16.7. The van der Waals surface area contributed by atoms with Crippen LogP contribution in [-0.4, -0.2) is 44.8 Å². The van der Waals surface area contributed by atoms with E-state index in [-0.39, 0.29) is 20.0 Å². The lowest BCUT2D eigenvalue weighted by atomic mass is 9.67. The van der Waals surface area contributed by atoms with Gasteiger partial charge in [0.15, 0.2) is 17.3 Å². The van der Waals surface area contributed by atoms with Crippen molar-refractivity contribution >= 4 is 17.7 Å². The summed E-state index contributed by atoms with van der Waals surface area (Å²) in [6, 6.07) is 12.7. The van der Waals surface area contributed by atoms with Gasteiger partial charge in [0.05, 0.1) is 25.9 Å². The number of esters is 2. The Morgan fingerprint density at radius 3 is 2.51 bits per heavy atom. The lowest BCUT2D eigenvalue weighted by molar-refractivity contribution is -0.152. The van der Waals surface area contributed by atoms with Gasteiger partial charge in [-0.05, 0) is 62.6 Å². The number of carbonyl (C=O) groups is 3. The third-order valence-corrected chi connectivity index (χ3v) is 7.31. The second kappa shape index (κ2) is 10.8. The first kappa shape index (κ1) is 26.3. The van der Waals surface area contributed by atoms with Crippen LogP contribution in [-0.2, 0) is 23.9 Å². The Kier molecular flexibility index (Phi) is 7.32. The van der Waals surface area contributed by atoms with Gasteiger partial charge in [0.1, 0.15) is 11.7 Å².